The third kappa shape index (κ3) is 2.82. The lowest BCUT2D eigenvalue weighted by molar-refractivity contribution is 0.224. The van der Waals surface area contributed by atoms with E-state index >= 15 is 0 Å². The summed E-state index contributed by atoms with van der Waals surface area (Å²) in [5.41, 5.74) is 10.3. The largest absolute Gasteiger partial charge is 0.383 e. The van der Waals surface area contributed by atoms with Gasteiger partial charge < -0.3 is 5.73 Å². The molecule has 2 N–H and O–H groups in total. The minimum absolute atomic E-state index is 0.516. The predicted molar refractivity (Wildman–Crippen MR) is 88.0 cm³/mol. The molecule has 21 heavy (non-hydrogen) atoms. The van der Waals surface area contributed by atoms with Crippen molar-refractivity contribution in [3.63, 3.8) is 0 Å². The second-order valence-electron chi connectivity index (χ2n) is 7.13. The van der Waals surface area contributed by atoms with Gasteiger partial charge in [0.25, 0.3) is 0 Å². The molecule has 1 aromatic carbocycles. The monoisotopic (exact) mass is 283 g/mol. The van der Waals surface area contributed by atoms with E-state index < -0.39 is 0 Å². The molecule has 112 valence electrons. The normalized spacial score (nSPS) is 18.8. The minimum atomic E-state index is 0.516. The van der Waals surface area contributed by atoms with E-state index in [-0.39, 0.29) is 0 Å². The maximum Gasteiger partial charge on any atom is 0.129 e. The Balaban J connectivity index is 1.86. The van der Waals surface area contributed by atoms with Crippen LogP contribution >= 0.6 is 0 Å². The van der Waals surface area contributed by atoms with Crippen LogP contribution in [0.1, 0.15) is 51.0 Å². The van der Waals surface area contributed by atoms with Crippen LogP contribution < -0.4 is 5.73 Å². The Labute approximate surface area is 127 Å². The van der Waals surface area contributed by atoms with Gasteiger partial charge in [-0.3, -0.25) is 4.68 Å². The molecule has 0 spiro atoms. The summed E-state index contributed by atoms with van der Waals surface area (Å²) in [7, 11) is 1.88. The molecule has 0 radical (unpaired) electrons. The molecule has 1 heterocycles. The van der Waals surface area contributed by atoms with Crippen molar-refractivity contribution >= 4 is 5.82 Å². The number of nitrogens with two attached hydrogens (primary N) is 1. The van der Waals surface area contributed by atoms with Crippen molar-refractivity contribution in [3.05, 3.63) is 36.0 Å². The summed E-state index contributed by atoms with van der Waals surface area (Å²) >= 11 is 0. The fourth-order valence-corrected chi connectivity index (χ4v) is 3.36. The average Bonchev–Trinajstić information content (AvgIpc) is 2.79. The highest BCUT2D eigenvalue weighted by Crippen LogP contribution is 2.43. The van der Waals surface area contributed by atoms with Crippen molar-refractivity contribution < 1.29 is 0 Å². The number of hydrogen-bond donors (Lipinski definition) is 1. The first-order chi connectivity index (χ1) is 9.96. The molecule has 1 aromatic heterocycles. The van der Waals surface area contributed by atoms with Gasteiger partial charge in [0, 0.05) is 12.6 Å². The van der Waals surface area contributed by atoms with Gasteiger partial charge >= 0.3 is 0 Å². The fraction of sp³-hybridized carbons (Fsp3) is 0.500. The molecule has 1 saturated carbocycles. The smallest absolute Gasteiger partial charge is 0.129 e. The molecule has 3 heteroatoms. The lowest BCUT2D eigenvalue weighted by Gasteiger charge is -2.34. The molecule has 1 aliphatic carbocycles. The fourth-order valence-electron chi connectivity index (χ4n) is 3.36. The van der Waals surface area contributed by atoms with Crippen LogP contribution in [0.4, 0.5) is 5.82 Å². The van der Waals surface area contributed by atoms with Gasteiger partial charge in [0.05, 0.1) is 6.20 Å². The van der Waals surface area contributed by atoms with E-state index in [1.807, 2.05) is 13.2 Å². The second kappa shape index (κ2) is 5.21. The topological polar surface area (TPSA) is 43.8 Å². The van der Waals surface area contributed by atoms with Crippen LogP contribution in [0.3, 0.4) is 0 Å². The Morgan fingerprint density at radius 1 is 1.24 bits per heavy atom. The van der Waals surface area contributed by atoms with E-state index in [9.17, 15) is 0 Å². The summed E-state index contributed by atoms with van der Waals surface area (Å²) in [5.74, 6) is 1.42. The zero-order valence-corrected chi connectivity index (χ0v) is 13.3. The summed E-state index contributed by atoms with van der Waals surface area (Å²) in [6.45, 7) is 4.77. The zero-order valence-electron chi connectivity index (χ0n) is 13.3. The van der Waals surface area contributed by atoms with Gasteiger partial charge in [0.1, 0.15) is 5.82 Å². The van der Waals surface area contributed by atoms with Gasteiger partial charge in [-0.1, -0.05) is 38.1 Å². The van der Waals surface area contributed by atoms with Crippen LogP contribution in [0, 0.1) is 5.41 Å². The van der Waals surface area contributed by atoms with Gasteiger partial charge in [-0.2, -0.15) is 5.10 Å². The highest BCUT2D eigenvalue weighted by Gasteiger charge is 2.27. The maximum atomic E-state index is 6.10. The Kier molecular flexibility index (Phi) is 3.52. The summed E-state index contributed by atoms with van der Waals surface area (Å²) in [6.07, 6.45) is 7.07. The molecule has 0 amide bonds. The number of anilines is 1. The van der Waals surface area contributed by atoms with E-state index in [1.165, 1.54) is 36.8 Å². The molecular formula is C18H25N3. The summed E-state index contributed by atoms with van der Waals surface area (Å²) in [6, 6.07) is 8.84. The van der Waals surface area contributed by atoms with Crippen molar-refractivity contribution in [3.8, 4) is 11.1 Å². The van der Waals surface area contributed by atoms with Crippen LogP contribution in [0.5, 0.6) is 0 Å². The third-order valence-electron chi connectivity index (χ3n) is 4.99. The molecule has 1 aliphatic rings. The lowest BCUT2D eigenvalue weighted by atomic mass is 9.71. The number of nitrogen functional groups attached to an aromatic ring is 1. The van der Waals surface area contributed by atoms with Gasteiger partial charge in [-0.25, -0.2) is 0 Å². The van der Waals surface area contributed by atoms with Crippen LogP contribution in [0.2, 0.25) is 0 Å². The zero-order chi connectivity index (χ0) is 15.0. The van der Waals surface area contributed by atoms with Gasteiger partial charge in [-0.15, -0.1) is 0 Å². The number of hydrogen-bond acceptors (Lipinski definition) is 2. The van der Waals surface area contributed by atoms with E-state index in [4.69, 9.17) is 5.73 Å². The number of benzene rings is 1. The van der Waals surface area contributed by atoms with Gasteiger partial charge in [0.2, 0.25) is 0 Å². The molecule has 0 bridgehead atoms. The maximum absolute atomic E-state index is 6.10. The first-order valence-corrected chi connectivity index (χ1v) is 7.84. The van der Waals surface area contributed by atoms with Gasteiger partial charge in [-0.05, 0) is 48.1 Å². The highest BCUT2D eigenvalue weighted by atomic mass is 15.3. The molecule has 2 aromatic rings. The SMILES string of the molecule is Cn1ncc(-c2cccc(C3CCC(C)(C)CC3)c2)c1N. The molecular weight excluding hydrogens is 258 g/mol. The Bertz CT molecular complexity index is 630. The molecule has 3 nitrogen and oxygen atoms in total. The Morgan fingerprint density at radius 3 is 2.57 bits per heavy atom. The van der Waals surface area contributed by atoms with Crippen molar-refractivity contribution in [2.24, 2.45) is 12.5 Å². The van der Waals surface area contributed by atoms with E-state index in [1.54, 1.807) is 4.68 Å². The molecule has 0 unspecified atom stereocenters. The van der Waals surface area contributed by atoms with E-state index in [0.717, 1.165) is 11.4 Å². The van der Waals surface area contributed by atoms with Crippen LogP contribution in [-0.4, -0.2) is 9.78 Å². The summed E-state index contributed by atoms with van der Waals surface area (Å²) in [5, 5.41) is 4.25. The minimum Gasteiger partial charge on any atom is -0.383 e. The first kappa shape index (κ1) is 14.2. The number of nitrogens with zero attached hydrogens (tertiary/aromatic N) is 2. The average molecular weight is 283 g/mol. The lowest BCUT2D eigenvalue weighted by Crippen LogP contribution is -2.20. The first-order valence-electron chi connectivity index (χ1n) is 7.84. The molecule has 3 rings (SSSR count). The summed E-state index contributed by atoms with van der Waals surface area (Å²) < 4.78 is 1.73. The van der Waals surface area contributed by atoms with Crippen LogP contribution in [-0.2, 0) is 7.05 Å². The number of aryl methyl sites for hydroxylation is 1. The van der Waals surface area contributed by atoms with Crippen molar-refractivity contribution in [1.29, 1.82) is 0 Å². The Morgan fingerprint density at radius 2 is 1.95 bits per heavy atom. The standard InChI is InChI=1S/C18H25N3/c1-18(2)9-7-13(8-10-18)14-5-4-6-15(11-14)16-12-20-21(3)17(16)19/h4-6,11-13H,7-10,19H2,1-3H3. The highest BCUT2D eigenvalue weighted by molar-refractivity contribution is 5.73. The molecule has 0 aliphatic heterocycles. The predicted octanol–water partition coefficient (Wildman–Crippen LogP) is 4.35. The number of rotatable bonds is 2. The van der Waals surface area contributed by atoms with Crippen molar-refractivity contribution in [1.82, 2.24) is 9.78 Å². The van der Waals surface area contributed by atoms with E-state index in [0.29, 0.717) is 11.3 Å². The molecule has 0 atom stereocenters. The molecule has 0 saturated heterocycles. The number of aromatic nitrogens is 2. The Hall–Kier alpha value is -1.77. The van der Waals surface area contributed by atoms with E-state index in [2.05, 4.69) is 43.2 Å². The van der Waals surface area contributed by atoms with Crippen LogP contribution in [0.15, 0.2) is 30.5 Å². The van der Waals surface area contributed by atoms with Crippen molar-refractivity contribution in [2.45, 2.75) is 45.4 Å². The second-order valence-corrected chi connectivity index (χ2v) is 7.13. The summed E-state index contributed by atoms with van der Waals surface area (Å²) in [4.78, 5) is 0. The van der Waals surface area contributed by atoms with Crippen molar-refractivity contribution in [2.75, 3.05) is 5.73 Å². The third-order valence-corrected chi connectivity index (χ3v) is 4.99. The van der Waals surface area contributed by atoms with Crippen LogP contribution in [0.25, 0.3) is 11.1 Å². The molecule has 1 fully saturated rings. The quantitative estimate of drug-likeness (QED) is 0.890. The van der Waals surface area contributed by atoms with Gasteiger partial charge in [0.15, 0.2) is 0 Å².